The van der Waals surface area contributed by atoms with Crippen LogP contribution in [0.15, 0.2) is 53.8 Å². The topological polar surface area (TPSA) is 0 Å². The Balaban J connectivity index is 2.06. The standard InChI is InChI=1S/C18H22Si/c1-14(2)19(3,16-9-5-6-10-16)18-13-12-15-8-4-7-11-17(15)18/h4-9,11-14,18H,10H2,1-3H3. The van der Waals surface area contributed by atoms with E-state index in [2.05, 4.69) is 75.0 Å². The highest BCUT2D eigenvalue weighted by Crippen LogP contribution is 2.47. The Bertz CT molecular complexity index is 577. The summed E-state index contributed by atoms with van der Waals surface area (Å²) < 4.78 is 0. The van der Waals surface area contributed by atoms with Gasteiger partial charge in [-0.1, -0.05) is 80.2 Å². The van der Waals surface area contributed by atoms with Crippen molar-refractivity contribution in [3.8, 4) is 0 Å². The van der Waals surface area contributed by atoms with Crippen LogP contribution in [0.4, 0.5) is 0 Å². The maximum atomic E-state index is 2.58. The Morgan fingerprint density at radius 3 is 2.68 bits per heavy atom. The summed E-state index contributed by atoms with van der Waals surface area (Å²) >= 11 is 0. The monoisotopic (exact) mass is 266 g/mol. The quantitative estimate of drug-likeness (QED) is 0.655. The summed E-state index contributed by atoms with van der Waals surface area (Å²) in [6.45, 7) is 7.41. The van der Waals surface area contributed by atoms with Gasteiger partial charge in [0.15, 0.2) is 0 Å². The zero-order chi connectivity index (χ0) is 13.5. The fourth-order valence-corrected chi connectivity index (χ4v) is 7.83. The first-order valence-electron chi connectivity index (χ1n) is 7.27. The van der Waals surface area contributed by atoms with Crippen LogP contribution in [0.5, 0.6) is 0 Å². The summed E-state index contributed by atoms with van der Waals surface area (Å²) in [7, 11) is -1.50. The van der Waals surface area contributed by atoms with Crippen molar-refractivity contribution < 1.29 is 0 Å². The minimum Gasteiger partial charge on any atom is -0.0809 e. The average molecular weight is 266 g/mol. The lowest BCUT2D eigenvalue weighted by Crippen LogP contribution is -2.42. The summed E-state index contributed by atoms with van der Waals surface area (Å²) in [5.74, 6) is 0. The van der Waals surface area contributed by atoms with Gasteiger partial charge in [-0.3, -0.25) is 0 Å². The van der Waals surface area contributed by atoms with E-state index in [0.717, 1.165) is 5.54 Å². The van der Waals surface area contributed by atoms with Crippen LogP contribution < -0.4 is 0 Å². The number of rotatable bonds is 3. The van der Waals surface area contributed by atoms with Gasteiger partial charge in [0.2, 0.25) is 0 Å². The lowest BCUT2D eigenvalue weighted by atomic mass is 10.1. The van der Waals surface area contributed by atoms with E-state index in [9.17, 15) is 0 Å². The van der Waals surface area contributed by atoms with Gasteiger partial charge in [0.1, 0.15) is 0 Å². The molecule has 0 saturated heterocycles. The van der Waals surface area contributed by atoms with Crippen molar-refractivity contribution in [1.82, 2.24) is 0 Å². The normalized spacial score (nSPS) is 23.6. The second-order valence-corrected chi connectivity index (χ2v) is 11.2. The third-order valence-electron chi connectivity index (χ3n) is 5.11. The first-order valence-corrected chi connectivity index (χ1v) is 9.93. The fourth-order valence-electron chi connectivity index (χ4n) is 3.55. The van der Waals surface area contributed by atoms with E-state index in [4.69, 9.17) is 0 Å². The van der Waals surface area contributed by atoms with E-state index in [1.807, 2.05) is 0 Å². The van der Waals surface area contributed by atoms with Crippen molar-refractivity contribution in [1.29, 1.82) is 0 Å². The average Bonchev–Trinajstić information content (AvgIpc) is 3.07. The second kappa shape index (κ2) is 4.64. The first kappa shape index (κ1) is 12.7. The van der Waals surface area contributed by atoms with Crippen LogP contribution in [0.2, 0.25) is 12.1 Å². The van der Waals surface area contributed by atoms with E-state index >= 15 is 0 Å². The highest BCUT2D eigenvalue weighted by atomic mass is 28.3. The van der Waals surface area contributed by atoms with E-state index in [-0.39, 0.29) is 0 Å². The second-order valence-electron chi connectivity index (χ2n) is 6.23. The highest BCUT2D eigenvalue weighted by molar-refractivity contribution is 6.88. The number of allylic oxidation sites excluding steroid dienone is 5. The Labute approximate surface area is 117 Å². The zero-order valence-electron chi connectivity index (χ0n) is 12.1. The number of benzene rings is 1. The molecule has 0 nitrogen and oxygen atoms in total. The van der Waals surface area contributed by atoms with Crippen LogP contribution in [-0.4, -0.2) is 8.07 Å². The highest BCUT2D eigenvalue weighted by Gasteiger charge is 2.43. The van der Waals surface area contributed by atoms with Crippen molar-refractivity contribution >= 4 is 14.1 Å². The molecule has 0 heterocycles. The van der Waals surface area contributed by atoms with Crippen LogP contribution in [0.1, 0.15) is 36.9 Å². The van der Waals surface area contributed by atoms with E-state index < -0.39 is 8.07 Å². The van der Waals surface area contributed by atoms with E-state index in [1.54, 1.807) is 10.8 Å². The number of hydrogen-bond acceptors (Lipinski definition) is 0. The maximum absolute atomic E-state index is 2.58. The molecule has 2 aliphatic carbocycles. The Morgan fingerprint density at radius 2 is 2.00 bits per heavy atom. The van der Waals surface area contributed by atoms with Gasteiger partial charge in [0.05, 0.1) is 8.07 Å². The summed E-state index contributed by atoms with van der Waals surface area (Å²) in [5, 5.41) is 1.72. The van der Waals surface area contributed by atoms with Crippen LogP contribution in [0, 0.1) is 0 Å². The third kappa shape index (κ3) is 1.88. The largest absolute Gasteiger partial charge is 0.0927 e. The smallest absolute Gasteiger partial charge is 0.0809 e. The van der Waals surface area contributed by atoms with Crippen molar-refractivity contribution in [2.75, 3.05) is 0 Å². The Morgan fingerprint density at radius 1 is 1.21 bits per heavy atom. The van der Waals surface area contributed by atoms with E-state index in [1.165, 1.54) is 12.0 Å². The first-order chi connectivity index (χ1) is 9.14. The van der Waals surface area contributed by atoms with Gasteiger partial charge in [-0.2, -0.15) is 0 Å². The van der Waals surface area contributed by atoms with Crippen LogP contribution in [0.3, 0.4) is 0 Å². The molecule has 2 aliphatic rings. The minimum atomic E-state index is -1.50. The maximum Gasteiger partial charge on any atom is 0.0927 e. The molecule has 0 amide bonds. The van der Waals surface area contributed by atoms with Crippen molar-refractivity contribution in [2.24, 2.45) is 0 Å². The Kier molecular flexibility index (Phi) is 3.10. The molecule has 2 atom stereocenters. The number of hydrogen-bond donors (Lipinski definition) is 0. The minimum absolute atomic E-state index is 0.648. The predicted molar refractivity (Wildman–Crippen MR) is 86.8 cm³/mol. The van der Waals surface area contributed by atoms with Crippen LogP contribution in [0.25, 0.3) is 6.08 Å². The molecule has 19 heavy (non-hydrogen) atoms. The van der Waals surface area contributed by atoms with Gasteiger partial charge < -0.3 is 0 Å². The van der Waals surface area contributed by atoms with Gasteiger partial charge in [0.25, 0.3) is 0 Å². The molecule has 1 aromatic rings. The van der Waals surface area contributed by atoms with Crippen LogP contribution in [-0.2, 0) is 0 Å². The van der Waals surface area contributed by atoms with Gasteiger partial charge in [0, 0.05) is 5.54 Å². The molecule has 1 aromatic carbocycles. The molecule has 1 heteroatoms. The molecule has 98 valence electrons. The van der Waals surface area contributed by atoms with Crippen LogP contribution >= 0.6 is 0 Å². The molecule has 2 unspecified atom stereocenters. The van der Waals surface area contributed by atoms with Crippen molar-refractivity contribution in [2.45, 2.75) is 37.9 Å². The molecule has 0 spiro atoms. The van der Waals surface area contributed by atoms with E-state index in [0.29, 0.717) is 5.54 Å². The molecule has 0 fully saturated rings. The molecular formula is C18H22Si. The third-order valence-corrected chi connectivity index (χ3v) is 11.1. The molecule has 3 rings (SSSR count). The lowest BCUT2D eigenvalue weighted by molar-refractivity contribution is 0.950. The molecule has 0 N–H and O–H groups in total. The SMILES string of the molecule is CC(C)[Si](C)(C1=CC=CC1)C1C=Cc2ccccc21. The Hall–Kier alpha value is -1.34. The molecule has 0 aromatic heterocycles. The predicted octanol–water partition coefficient (Wildman–Crippen LogP) is 5.25. The molecule has 0 radical (unpaired) electrons. The zero-order valence-corrected chi connectivity index (χ0v) is 13.1. The molecule has 0 saturated carbocycles. The molecular weight excluding hydrogens is 244 g/mol. The molecule has 0 aliphatic heterocycles. The van der Waals surface area contributed by atoms with Crippen molar-refractivity contribution in [3.05, 3.63) is 64.9 Å². The van der Waals surface area contributed by atoms with Crippen molar-refractivity contribution in [3.63, 3.8) is 0 Å². The number of fused-ring (bicyclic) bond motifs is 1. The van der Waals surface area contributed by atoms with Gasteiger partial charge in [-0.25, -0.2) is 0 Å². The van der Waals surface area contributed by atoms with Gasteiger partial charge in [-0.15, -0.1) is 0 Å². The lowest BCUT2D eigenvalue weighted by Gasteiger charge is -2.39. The summed E-state index contributed by atoms with van der Waals surface area (Å²) in [5.41, 5.74) is 4.39. The summed E-state index contributed by atoms with van der Waals surface area (Å²) in [6.07, 6.45) is 12.9. The summed E-state index contributed by atoms with van der Waals surface area (Å²) in [4.78, 5) is 0. The fraction of sp³-hybridized carbons (Fsp3) is 0.333. The van der Waals surface area contributed by atoms with Gasteiger partial charge >= 0.3 is 0 Å². The molecule has 0 bridgehead atoms. The summed E-state index contributed by atoms with van der Waals surface area (Å²) in [6, 6.07) is 8.92. The van der Waals surface area contributed by atoms with Gasteiger partial charge in [-0.05, 0) is 23.1 Å².